The number of pyridine rings is 1. The molecule has 2 rings (SSSR count). The monoisotopic (exact) mass is 215 g/mol. The van der Waals surface area contributed by atoms with E-state index in [1.807, 2.05) is 30.3 Å². The smallest absolute Gasteiger partial charge is 0.215 e. The van der Waals surface area contributed by atoms with Gasteiger partial charge in [-0.15, -0.1) is 0 Å². The van der Waals surface area contributed by atoms with Crippen LogP contribution in [0.25, 0.3) is 0 Å². The third-order valence-corrected chi connectivity index (χ3v) is 2.15. The molecule has 0 radical (unpaired) electrons. The van der Waals surface area contributed by atoms with E-state index in [-0.39, 0.29) is 0 Å². The van der Waals surface area contributed by atoms with E-state index in [0.717, 1.165) is 5.69 Å². The molecule has 4 heteroatoms. The fraction of sp³-hybridized carbons (Fsp3) is 0.0833. The summed E-state index contributed by atoms with van der Waals surface area (Å²) in [6.45, 7) is 0. The molecule has 0 saturated carbocycles. The highest BCUT2D eigenvalue weighted by molar-refractivity contribution is 5.69. The molecule has 0 spiro atoms. The second-order valence-corrected chi connectivity index (χ2v) is 3.28. The molecule has 3 N–H and O–H groups in total. The van der Waals surface area contributed by atoms with Crippen LogP contribution >= 0.6 is 0 Å². The maximum absolute atomic E-state index is 5.81. The molecule has 0 saturated heterocycles. The number of para-hydroxylation sites is 1. The SMILES string of the molecule is COc1ccc(N)c(Nc2ccccc2)n1. The Morgan fingerprint density at radius 3 is 2.56 bits per heavy atom. The summed E-state index contributed by atoms with van der Waals surface area (Å²) in [6.07, 6.45) is 0. The zero-order chi connectivity index (χ0) is 11.4. The van der Waals surface area contributed by atoms with Gasteiger partial charge in [-0.25, -0.2) is 0 Å². The van der Waals surface area contributed by atoms with Crippen LogP contribution in [0.5, 0.6) is 5.88 Å². The van der Waals surface area contributed by atoms with Gasteiger partial charge in [0.05, 0.1) is 12.8 Å². The van der Waals surface area contributed by atoms with Gasteiger partial charge in [0, 0.05) is 11.8 Å². The summed E-state index contributed by atoms with van der Waals surface area (Å²) >= 11 is 0. The van der Waals surface area contributed by atoms with E-state index in [4.69, 9.17) is 10.5 Å². The third kappa shape index (κ3) is 2.23. The average Bonchev–Trinajstić information content (AvgIpc) is 2.33. The van der Waals surface area contributed by atoms with E-state index >= 15 is 0 Å². The van der Waals surface area contributed by atoms with Crippen LogP contribution in [0.3, 0.4) is 0 Å². The number of nitrogen functional groups attached to an aromatic ring is 1. The van der Waals surface area contributed by atoms with Crippen LogP contribution in [-0.4, -0.2) is 12.1 Å². The fourth-order valence-corrected chi connectivity index (χ4v) is 1.32. The van der Waals surface area contributed by atoms with E-state index in [1.54, 1.807) is 19.2 Å². The van der Waals surface area contributed by atoms with Crippen molar-refractivity contribution in [1.82, 2.24) is 4.98 Å². The lowest BCUT2D eigenvalue weighted by Crippen LogP contribution is -2.00. The van der Waals surface area contributed by atoms with Crippen LogP contribution in [0.4, 0.5) is 17.2 Å². The second kappa shape index (κ2) is 4.53. The maximum Gasteiger partial charge on any atom is 0.215 e. The standard InChI is InChI=1S/C12H13N3O/c1-16-11-8-7-10(13)12(15-11)14-9-5-3-2-4-6-9/h2-8H,13H2,1H3,(H,14,15). The highest BCUT2D eigenvalue weighted by atomic mass is 16.5. The number of ether oxygens (including phenoxy) is 1. The first kappa shape index (κ1) is 10.3. The Kier molecular flexibility index (Phi) is 2.91. The topological polar surface area (TPSA) is 60.2 Å². The number of anilines is 3. The van der Waals surface area contributed by atoms with E-state index < -0.39 is 0 Å². The lowest BCUT2D eigenvalue weighted by molar-refractivity contribution is 0.398. The van der Waals surface area contributed by atoms with Crippen molar-refractivity contribution < 1.29 is 4.74 Å². The molecule has 0 aliphatic rings. The molecule has 0 bridgehead atoms. The molecular formula is C12H13N3O. The lowest BCUT2D eigenvalue weighted by Gasteiger charge is -2.09. The van der Waals surface area contributed by atoms with Gasteiger partial charge in [-0.05, 0) is 18.2 Å². The first-order chi connectivity index (χ1) is 7.79. The highest BCUT2D eigenvalue weighted by Crippen LogP contribution is 2.23. The molecule has 0 aliphatic heterocycles. The van der Waals surface area contributed by atoms with Crippen molar-refractivity contribution in [3.05, 3.63) is 42.5 Å². The number of aromatic nitrogens is 1. The number of rotatable bonds is 3. The Bertz CT molecular complexity index is 471. The number of hydrogen-bond acceptors (Lipinski definition) is 4. The van der Waals surface area contributed by atoms with Crippen LogP contribution in [0.15, 0.2) is 42.5 Å². The van der Waals surface area contributed by atoms with Gasteiger partial charge in [-0.2, -0.15) is 4.98 Å². The molecular weight excluding hydrogens is 202 g/mol. The van der Waals surface area contributed by atoms with Crippen molar-refractivity contribution in [2.45, 2.75) is 0 Å². The van der Waals surface area contributed by atoms with Gasteiger partial charge in [0.2, 0.25) is 5.88 Å². The van der Waals surface area contributed by atoms with Crippen molar-refractivity contribution in [1.29, 1.82) is 0 Å². The van der Waals surface area contributed by atoms with Gasteiger partial charge in [-0.1, -0.05) is 18.2 Å². The summed E-state index contributed by atoms with van der Waals surface area (Å²) < 4.78 is 5.04. The fourth-order valence-electron chi connectivity index (χ4n) is 1.32. The van der Waals surface area contributed by atoms with E-state index in [0.29, 0.717) is 17.4 Å². The molecule has 1 aromatic heterocycles. The third-order valence-electron chi connectivity index (χ3n) is 2.15. The molecule has 0 aliphatic carbocycles. The lowest BCUT2D eigenvalue weighted by atomic mass is 10.3. The van der Waals surface area contributed by atoms with Crippen LogP contribution in [0, 0.1) is 0 Å². The molecule has 4 nitrogen and oxygen atoms in total. The van der Waals surface area contributed by atoms with Gasteiger partial charge in [-0.3, -0.25) is 0 Å². The maximum atomic E-state index is 5.81. The van der Waals surface area contributed by atoms with Crippen LogP contribution in [-0.2, 0) is 0 Å². The van der Waals surface area contributed by atoms with Crippen molar-refractivity contribution in [3.8, 4) is 5.88 Å². The molecule has 2 aromatic rings. The normalized spacial score (nSPS) is 9.81. The van der Waals surface area contributed by atoms with Crippen LogP contribution < -0.4 is 15.8 Å². The predicted molar refractivity (Wildman–Crippen MR) is 64.9 cm³/mol. The minimum absolute atomic E-state index is 0.535. The molecule has 16 heavy (non-hydrogen) atoms. The van der Waals surface area contributed by atoms with Gasteiger partial charge >= 0.3 is 0 Å². The number of nitrogens with one attached hydrogen (secondary N) is 1. The van der Waals surface area contributed by atoms with Gasteiger partial charge in [0.1, 0.15) is 0 Å². The molecule has 0 amide bonds. The molecule has 0 fully saturated rings. The van der Waals surface area contributed by atoms with Crippen LogP contribution in [0.2, 0.25) is 0 Å². The minimum atomic E-state index is 0.535. The highest BCUT2D eigenvalue weighted by Gasteiger charge is 2.03. The van der Waals surface area contributed by atoms with E-state index in [9.17, 15) is 0 Å². The van der Waals surface area contributed by atoms with Gasteiger partial charge in [0.25, 0.3) is 0 Å². The van der Waals surface area contributed by atoms with Crippen molar-refractivity contribution >= 4 is 17.2 Å². The molecule has 82 valence electrons. The molecule has 1 aromatic carbocycles. The Morgan fingerprint density at radius 2 is 1.88 bits per heavy atom. The summed E-state index contributed by atoms with van der Waals surface area (Å²) in [5.41, 5.74) is 7.34. The van der Waals surface area contributed by atoms with Crippen molar-refractivity contribution in [2.75, 3.05) is 18.2 Å². The summed E-state index contributed by atoms with van der Waals surface area (Å²) in [7, 11) is 1.57. The second-order valence-electron chi connectivity index (χ2n) is 3.28. The van der Waals surface area contributed by atoms with Gasteiger partial charge < -0.3 is 15.8 Å². The summed E-state index contributed by atoms with van der Waals surface area (Å²) in [5, 5.41) is 3.13. The first-order valence-electron chi connectivity index (χ1n) is 4.92. The Morgan fingerprint density at radius 1 is 1.12 bits per heavy atom. The minimum Gasteiger partial charge on any atom is -0.481 e. The summed E-state index contributed by atoms with van der Waals surface area (Å²) in [4.78, 5) is 4.23. The Hall–Kier alpha value is -2.23. The summed E-state index contributed by atoms with van der Waals surface area (Å²) in [5.74, 6) is 1.14. The zero-order valence-electron chi connectivity index (χ0n) is 8.97. The number of benzene rings is 1. The largest absolute Gasteiger partial charge is 0.481 e. The summed E-state index contributed by atoms with van der Waals surface area (Å²) in [6, 6.07) is 13.2. The number of hydrogen-bond donors (Lipinski definition) is 2. The molecule has 1 heterocycles. The zero-order valence-corrected chi connectivity index (χ0v) is 8.97. The Balaban J connectivity index is 2.27. The predicted octanol–water partition coefficient (Wildman–Crippen LogP) is 2.42. The van der Waals surface area contributed by atoms with Crippen molar-refractivity contribution in [3.63, 3.8) is 0 Å². The van der Waals surface area contributed by atoms with Crippen LogP contribution in [0.1, 0.15) is 0 Å². The number of nitrogens with two attached hydrogens (primary N) is 1. The first-order valence-corrected chi connectivity index (χ1v) is 4.92. The van der Waals surface area contributed by atoms with E-state index in [2.05, 4.69) is 10.3 Å². The average molecular weight is 215 g/mol. The number of nitrogens with zero attached hydrogens (tertiary/aromatic N) is 1. The number of methoxy groups -OCH3 is 1. The Labute approximate surface area is 94.1 Å². The van der Waals surface area contributed by atoms with E-state index in [1.165, 1.54) is 0 Å². The van der Waals surface area contributed by atoms with Crippen molar-refractivity contribution in [2.24, 2.45) is 0 Å². The quantitative estimate of drug-likeness (QED) is 0.825. The molecule has 0 atom stereocenters. The van der Waals surface area contributed by atoms with Gasteiger partial charge in [0.15, 0.2) is 5.82 Å². The molecule has 0 unspecified atom stereocenters.